The molecule has 1 unspecified atom stereocenters. The van der Waals surface area contributed by atoms with Gasteiger partial charge in [0.25, 0.3) is 0 Å². The normalized spacial score (nSPS) is 18.4. The molecule has 1 N–H and O–H groups in total. The number of nitrogens with zero attached hydrogens (tertiary/aromatic N) is 3. The SMILES string of the molecule is O=C(Cc1c[nH]cn1)N1CCN(c2ccc(OC(F)F)c(OC3CCCC3)c2)CC1Cc1ccccc1. The van der Waals surface area contributed by atoms with Crippen molar-refractivity contribution in [3.05, 3.63) is 72.3 Å². The summed E-state index contributed by atoms with van der Waals surface area (Å²) >= 11 is 0. The first-order valence-electron chi connectivity index (χ1n) is 12.9. The Morgan fingerprint density at radius 2 is 1.89 bits per heavy atom. The monoisotopic (exact) mass is 510 g/mol. The lowest BCUT2D eigenvalue weighted by Crippen LogP contribution is -2.56. The van der Waals surface area contributed by atoms with E-state index in [2.05, 4.69) is 27.0 Å². The van der Waals surface area contributed by atoms with E-state index in [0.717, 1.165) is 36.9 Å². The van der Waals surface area contributed by atoms with Crippen LogP contribution in [0, 0.1) is 0 Å². The highest BCUT2D eigenvalue weighted by Gasteiger charge is 2.31. The minimum absolute atomic E-state index is 0.0117. The predicted molar refractivity (Wildman–Crippen MR) is 136 cm³/mol. The first-order valence-corrected chi connectivity index (χ1v) is 12.9. The van der Waals surface area contributed by atoms with Crippen LogP contribution in [-0.2, 0) is 17.6 Å². The van der Waals surface area contributed by atoms with Gasteiger partial charge in [0.2, 0.25) is 5.91 Å². The van der Waals surface area contributed by atoms with Crippen molar-refractivity contribution >= 4 is 11.6 Å². The molecular formula is C28H32F2N4O3. The topological polar surface area (TPSA) is 70.7 Å². The second kappa shape index (κ2) is 11.6. The quantitative estimate of drug-likeness (QED) is 0.446. The zero-order valence-electron chi connectivity index (χ0n) is 20.7. The molecule has 2 heterocycles. The van der Waals surface area contributed by atoms with E-state index >= 15 is 0 Å². The molecule has 2 fully saturated rings. The summed E-state index contributed by atoms with van der Waals surface area (Å²) in [6, 6.07) is 15.2. The number of imidazole rings is 1. The van der Waals surface area contributed by atoms with Gasteiger partial charge in [-0.05, 0) is 49.8 Å². The lowest BCUT2D eigenvalue weighted by atomic mass is 10.0. The molecule has 1 amide bonds. The third kappa shape index (κ3) is 6.39. The molecule has 7 nitrogen and oxygen atoms in total. The summed E-state index contributed by atoms with van der Waals surface area (Å²) in [6.07, 6.45) is 8.26. The van der Waals surface area contributed by atoms with Crippen LogP contribution in [0.5, 0.6) is 11.5 Å². The van der Waals surface area contributed by atoms with E-state index in [1.807, 2.05) is 23.1 Å². The number of alkyl halides is 2. The Balaban J connectivity index is 1.36. The number of hydrogen-bond donors (Lipinski definition) is 1. The number of aromatic nitrogens is 2. The number of carbonyl (C=O) groups excluding carboxylic acids is 1. The van der Waals surface area contributed by atoms with Gasteiger partial charge in [0.05, 0.1) is 30.6 Å². The molecule has 2 aromatic carbocycles. The van der Waals surface area contributed by atoms with Crippen LogP contribution in [0.15, 0.2) is 61.1 Å². The van der Waals surface area contributed by atoms with Crippen molar-refractivity contribution in [1.29, 1.82) is 0 Å². The molecule has 1 aliphatic heterocycles. The molecule has 1 aliphatic carbocycles. The summed E-state index contributed by atoms with van der Waals surface area (Å²) in [5, 5.41) is 0. The Kier molecular flexibility index (Phi) is 7.87. The van der Waals surface area contributed by atoms with Crippen molar-refractivity contribution in [2.24, 2.45) is 0 Å². The van der Waals surface area contributed by atoms with Crippen LogP contribution in [0.4, 0.5) is 14.5 Å². The second-order valence-corrected chi connectivity index (χ2v) is 9.65. The van der Waals surface area contributed by atoms with Crippen LogP contribution in [0.1, 0.15) is 36.9 Å². The summed E-state index contributed by atoms with van der Waals surface area (Å²) in [4.78, 5) is 24.5. The molecule has 0 spiro atoms. The van der Waals surface area contributed by atoms with E-state index in [4.69, 9.17) is 9.47 Å². The Labute approximate surface area is 215 Å². The van der Waals surface area contributed by atoms with Gasteiger partial charge in [0.15, 0.2) is 11.5 Å². The number of nitrogens with one attached hydrogen (secondary N) is 1. The Morgan fingerprint density at radius 1 is 1.08 bits per heavy atom. The van der Waals surface area contributed by atoms with Gasteiger partial charge in [0, 0.05) is 37.6 Å². The maximum atomic E-state index is 13.2. The summed E-state index contributed by atoms with van der Waals surface area (Å²) in [5.41, 5.74) is 2.74. The molecule has 0 bridgehead atoms. The third-order valence-electron chi connectivity index (χ3n) is 7.11. The number of carbonyl (C=O) groups is 1. The van der Waals surface area contributed by atoms with E-state index in [9.17, 15) is 13.6 Å². The standard InChI is InChI=1S/C28H32F2N4O3/c29-28(30)37-25-11-10-22(16-26(25)36-24-8-4-5-9-24)33-12-13-34(27(35)15-21-17-31-19-32-21)23(18-33)14-20-6-2-1-3-7-20/h1-3,6-7,10-11,16-17,19,23-24,28H,4-5,8-9,12-15,18H2,(H,31,32). The highest BCUT2D eigenvalue weighted by molar-refractivity contribution is 5.79. The fraction of sp³-hybridized carbons (Fsp3) is 0.429. The maximum Gasteiger partial charge on any atom is 0.387 e. The van der Waals surface area contributed by atoms with Crippen molar-refractivity contribution in [3.8, 4) is 11.5 Å². The summed E-state index contributed by atoms with van der Waals surface area (Å²) in [6.45, 7) is -1.14. The van der Waals surface area contributed by atoms with Crippen LogP contribution < -0.4 is 14.4 Å². The Bertz CT molecular complexity index is 1150. The molecule has 3 aromatic rings. The lowest BCUT2D eigenvalue weighted by molar-refractivity contribution is -0.133. The van der Waals surface area contributed by atoms with E-state index in [1.165, 1.54) is 0 Å². The van der Waals surface area contributed by atoms with E-state index in [0.29, 0.717) is 37.5 Å². The van der Waals surface area contributed by atoms with Gasteiger partial charge in [-0.15, -0.1) is 0 Å². The maximum absolute atomic E-state index is 13.2. The first-order chi connectivity index (χ1) is 18.0. The number of halogens is 2. The van der Waals surface area contributed by atoms with Gasteiger partial charge in [-0.25, -0.2) is 4.98 Å². The molecule has 37 heavy (non-hydrogen) atoms. The van der Waals surface area contributed by atoms with Crippen LogP contribution in [0.25, 0.3) is 0 Å². The number of rotatable bonds is 9. The Hall–Kier alpha value is -3.62. The minimum atomic E-state index is -2.92. The van der Waals surface area contributed by atoms with Crippen molar-refractivity contribution in [3.63, 3.8) is 0 Å². The summed E-state index contributed by atoms with van der Waals surface area (Å²) in [5.74, 6) is 0.444. The predicted octanol–water partition coefficient (Wildman–Crippen LogP) is 4.84. The molecule has 2 aliphatic rings. The average molecular weight is 511 g/mol. The van der Waals surface area contributed by atoms with Gasteiger partial charge < -0.3 is 24.3 Å². The second-order valence-electron chi connectivity index (χ2n) is 9.65. The molecular weight excluding hydrogens is 478 g/mol. The number of piperazine rings is 1. The molecule has 196 valence electrons. The molecule has 9 heteroatoms. The molecule has 1 aromatic heterocycles. The number of benzene rings is 2. The van der Waals surface area contributed by atoms with Crippen molar-refractivity contribution < 1.29 is 23.0 Å². The van der Waals surface area contributed by atoms with Crippen LogP contribution >= 0.6 is 0 Å². The van der Waals surface area contributed by atoms with E-state index < -0.39 is 6.61 Å². The number of amides is 1. The van der Waals surface area contributed by atoms with Gasteiger partial charge in [-0.3, -0.25) is 4.79 Å². The largest absolute Gasteiger partial charge is 0.486 e. The van der Waals surface area contributed by atoms with Crippen LogP contribution in [0.3, 0.4) is 0 Å². The average Bonchev–Trinajstić information content (AvgIpc) is 3.60. The number of ether oxygens (including phenoxy) is 2. The van der Waals surface area contributed by atoms with Gasteiger partial charge in [-0.1, -0.05) is 30.3 Å². The number of aromatic amines is 1. The van der Waals surface area contributed by atoms with Crippen molar-refractivity contribution in [1.82, 2.24) is 14.9 Å². The summed E-state index contributed by atoms with van der Waals surface area (Å²) < 4.78 is 37.0. The fourth-order valence-electron chi connectivity index (χ4n) is 5.29. The van der Waals surface area contributed by atoms with Crippen molar-refractivity contribution in [2.45, 2.75) is 57.3 Å². The van der Waals surface area contributed by atoms with Crippen LogP contribution in [0.2, 0.25) is 0 Å². The highest BCUT2D eigenvalue weighted by Crippen LogP contribution is 2.37. The zero-order valence-corrected chi connectivity index (χ0v) is 20.7. The minimum Gasteiger partial charge on any atom is -0.486 e. The van der Waals surface area contributed by atoms with Gasteiger partial charge >= 0.3 is 6.61 Å². The van der Waals surface area contributed by atoms with Crippen LogP contribution in [-0.4, -0.2) is 59.2 Å². The highest BCUT2D eigenvalue weighted by atomic mass is 19.3. The molecule has 1 saturated carbocycles. The fourth-order valence-corrected chi connectivity index (χ4v) is 5.29. The third-order valence-corrected chi connectivity index (χ3v) is 7.11. The summed E-state index contributed by atoms with van der Waals surface area (Å²) in [7, 11) is 0. The van der Waals surface area contributed by atoms with Gasteiger partial charge in [-0.2, -0.15) is 8.78 Å². The molecule has 5 rings (SSSR count). The smallest absolute Gasteiger partial charge is 0.387 e. The first kappa shape index (κ1) is 25.0. The van der Waals surface area contributed by atoms with E-state index in [-0.39, 0.29) is 30.2 Å². The van der Waals surface area contributed by atoms with Gasteiger partial charge in [0.1, 0.15) is 0 Å². The lowest BCUT2D eigenvalue weighted by Gasteiger charge is -2.43. The number of hydrogen-bond acceptors (Lipinski definition) is 5. The zero-order chi connectivity index (χ0) is 25.6. The molecule has 1 saturated heterocycles. The van der Waals surface area contributed by atoms with Crippen molar-refractivity contribution in [2.75, 3.05) is 24.5 Å². The number of anilines is 1. The molecule has 0 radical (unpaired) electrons. The Morgan fingerprint density at radius 3 is 2.62 bits per heavy atom. The number of H-pyrrole nitrogens is 1. The molecule has 1 atom stereocenters. The van der Waals surface area contributed by atoms with E-state index in [1.54, 1.807) is 30.7 Å².